The predicted molar refractivity (Wildman–Crippen MR) is 303 cm³/mol. The SMILES string of the molecule is CCCCCCCC/C=C\CCCCCCCC(=O)OCC(COC(=O)CCCCCCCCCCCCCCCCCCCCCCC)OC(=O)CCCCCCCCCCCCCCCCCC. The van der Waals surface area contributed by atoms with Gasteiger partial charge in [-0.25, -0.2) is 0 Å². The van der Waals surface area contributed by atoms with E-state index in [2.05, 4.69) is 32.9 Å². The van der Waals surface area contributed by atoms with Crippen LogP contribution >= 0.6 is 0 Å². The van der Waals surface area contributed by atoms with E-state index in [1.165, 1.54) is 257 Å². The third-order valence-electron chi connectivity index (χ3n) is 14.5. The second-order valence-corrected chi connectivity index (χ2v) is 21.7. The molecule has 6 heteroatoms. The number of ether oxygens (including phenoxy) is 3. The van der Waals surface area contributed by atoms with E-state index in [1.807, 2.05) is 0 Å². The number of esters is 3. The summed E-state index contributed by atoms with van der Waals surface area (Å²) in [6, 6.07) is 0. The number of allylic oxidation sites excluding steroid dienone is 2. The molecule has 0 aliphatic rings. The van der Waals surface area contributed by atoms with Gasteiger partial charge in [0.2, 0.25) is 0 Å². The Hall–Kier alpha value is -1.85. The summed E-state index contributed by atoms with van der Waals surface area (Å²) in [7, 11) is 0. The molecule has 0 amide bonds. The molecule has 0 aromatic carbocycles. The van der Waals surface area contributed by atoms with Crippen LogP contribution in [0.1, 0.15) is 361 Å². The number of carbonyl (C=O) groups excluding carboxylic acids is 3. The summed E-state index contributed by atoms with van der Waals surface area (Å²) in [4.78, 5) is 38.3. The van der Waals surface area contributed by atoms with Crippen LogP contribution in [0.25, 0.3) is 0 Å². The van der Waals surface area contributed by atoms with Crippen LogP contribution < -0.4 is 0 Å². The number of hydrogen-bond acceptors (Lipinski definition) is 6. The zero-order valence-corrected chi connectivity index (χ0v) is 47.6. The van der Waals surface area contributed by atoms with Crippen molar-refractivity contribution in [2.24, 2.45) is 0 Å². The first-order valence-electron chi connectivity index (χ1n) is 31.7. The molecule has 0 rings (SSSR count). The standard InChI is InChI=1S/C64H122O6/c1-4-7-10-13-16-19-22-25-28-30-31-32-33-34-37-39-42-45-48-51-54-57-63(66)69-60-61(59-68-62(65)56-53-50-47-44-41-38-35-27-24-21-18-15-12-9-6-3)70-64(67)58-55-52-49-46-43-40-36-29-26-23-20-17-14-11-8-5-2/h27,35,61H,4-26,28-34,36-60H2,1-3H3/b35-27-. The fourth-order valence-electron chi connectivity index (χ4n) is 9.74. The number of carbonyl (C=O) groups is 3. The van der Waals surface area contributed by atoms with Crippen molar-refractivity contribution in [3.63, 3.8) is 0 Å². The van der Waals surface area contributed by atoms with Crippen LogP contribution in [-0.4, -0.2) is 37.2 Å². The Balaban J connectivity index is 4.27. The minimum Gasteiger partial charge on any atom is -0.462 e. The van der Waals surface area contributed by atoms with E-state index in [4.69, 9.17) is 14.2 Å². The summed E-state index contributed by atoms with van der Waals surface area (Å²) in [5.74, 6) is -0.845. The van der Waals surface area contributed by atoms with Gasteiger partial charge in [0.25, 0.3) is 0 Å². The first kappa shape index (κ1) is 68.2. The largest absolute Gasteiger partial charge is 0.462 e. The Bertz CT molecular complexity index is 1090. The Morgan fingerprint density at radius 1 is 0.271 bits per heavy atom. The summed E-state index contributed by atoms with van der Waals surface area (Å²) in [5, 5.41) is 0. The van der Waals surface area contributed by atoms with Gasteiger partial charge in [0.05, 0.1) is 0 Å². The zero-order valence-electron chi connectivity index (χ0n) is 47.6. The summed E-state index contributed by atoms with van der Waals surface area (Å²) in [5.41, 5.74) is 0. The molecule has 0 spiro atoms. The van der Waals surface area contributed by atoms with Crippen LogP contribution in [0.3, 0.4) is 0 Å². The Labute approximate surface area is 437 Å². The minimum absolute atomic E-state index is 0.0660. The fraction of sp³-hybridized carbons (Fsp3) is 0.922. The van der Waals surface area contributed by atoms with Crippen molar-refractivity contribution in [2.45, 2.75) is 367 Å². The average Bonchev–Trinajstić information content (AvgIpc) is 3.36. The van der Waals surface area contributed by atoms with Crippen molar-refractivity contribution in [1.29, 1.82) is 0 Å². The highest BCUT2D eigenvalue weighted by molar-refractivity contribution is 5.71. The number of hydrogen-bond donors (Lipinski definition) is 0. The maximum absolute atomic E-state index is 12.9. The lowest BCUT2D eigenvalue weighted by Crippen LogP contribution is -2.30. The molecule has 0 aromatic rings. The lowest BCUT2D eigenvalue weighted by Gasteiger charge is -2.18. The maximum Gasteiger partial charge on any atom is 0.306 e. The maximum atomic E-state index is 12.9. The Kier molecular flexibility index (Phi) is 58.1. The summed E-state index contributed by atoms with van der Waals surface area (Å²) < 4.78 is 16.9. The smallest absolute Gasteiger partial charge is 0.306 e. The normalized spacial score (nSPS) is 12.0. The molecule has 414 valence electrons. The van der Waals surface area contributed by atoms with Gasteiger partial charge in [-0.2, -0.15) is 0 Å². The molecule has 6 nitrogen and oxygen atoms in total. The number of rotatable bonds is 59. The highest BCUT2D eigenvalue weighted by Gasteiger charge is 2.19. The molecular weight excluding hydrogens is 865 g/mol. The molecule has 0 bridgehead atoms. The van der Waals surface area contributed by atoms with Gasteiger partial charge in [0.1, 0.15) is 13.2 Å². The molecule has 0 heterocycles. The average molecular weight is 988 g/mol. The minimum atomic E-state index is -0.768. The van der Waals surface area contributed by atoms with Crippen LogP contribution in [0.2, 0.25) is 0 Å². The van der Waals surface area contributed by atoms with Crippen molar-refractivity contribution in [3.05, 3.63) is 12.2 Å². The predicted octanol–water partition coefficient (Wildman–Crippen LogP) is 21.3. The topological polar surface area (TPSA) is 78.9 Å². The molecule has 0 saturated heterocycles. The molecule has 0 saturated carbocycles. The number of unbranched alkanes of at least 4 members (excludes halogenated alkanes) is 46. The van der Waals surface area contributed by atoms with E-state index >= 15 is 0 Å². The molecule has 0 N–H and O–H groups in total. The van der Waals surface area contributed by atoms with E-state index < -0.39 is 6.10 Å². The van der Waals surface area contributed by atoms with Crippen molar-refractivity contribution >= 4 is 17.9 Å². The van der Waals surface area contributed by atoms with Gasteiger partial charge in [-0.15, -0.1) is 0 Å². The summed E-state index contributed by atoms with van der Waals surface area (Å²) in [6.07, 6.45) is 69.3. The molecule has 0 fully saturated rings. The first-order valence-corrected chi connectivity index (χ1v) is 31.7. The lowest BCUT2D eigenvalue weighted by atomic mass is 10.0. The van der Waals surface area contributed by atoms with Crippen molar-refractivity contribution in [3.8, 4) is 0 Å². The van der Waals surface area contributed by atoms with E-state index in [9.17, 15) is 14.4 Å². The van der Waals surface area contributed by atoms with E-state index in [0.29, 0.717) is 19.3 Å². The van der Waals surface area contributed by atoms with Gasteiger partial charge in [0.15, 0.2) is 6.10 Å². The van der Waals surface area contributed by atoms with Gasteiger partial charge in [-0.3, -0.25) is 14.4 Å². The molecule has 0 aliphatic heterocycles. The van der Waals surface area contributed by atoms with E-state index in [0.717, 1.165) is 64.2 Å². The highest BCUT2D eigenvalue weighted by Crippen LogP contribution is 2.18. The summed E-state index contributed by atoms with van der Waals surface area (Å²) in [6.45, 7) is 6.70. The van der Waals surface area contributed by atoms with Gasteiger partial charge in [-0.05, 0) is 44.9 Å². The Morgan fingerprint density at radius 2 is 0.471 bits per heavy atom. The van der Waals surface area contributed by atoms with Crippen molar-refractivity contribution in [1.82, 2.24) is 0 Å². The van der Waals surface area contributed by atoms with Crippen LogP contribution in [0.15, 0.2) is 12.2 Å². The highest BCUT2D eigenvalue weighted by atomic mass is 16.6. The van der Waals surface area contributed by atoms with Crippen molar-refractivity contribution < 1.29 is 28.6 Å². The third-order valence-corrected chi connectivity index (χ3v) is 14.5. The fourth-order valence-corrected chi connectivity index (χ4v) is 9.74. The first-order chi connectivity index (χ1) is 34.5. The summed E-state index contributed by atoms with van der Waals surface area (Å²) >= 11 is 0. The second-order valence-electron chi connectivity index (χ2n) is 21.7. The molecule has 0 radical (unpaired) electrons. The van der Waals surface area contributed by atoms with Crippen LogP contribution in [0.4, 0.5) is 0 Å². The van der Waals surface area contributed by atoms with Gasteiger partial charge < -0.3 is 14.2 Å². The van der Waals surface area contributed by atoms with Crippen LogP contribution in [0, 0.1) is 0 Å². The zero-order chi connectivity index (χ0) is 50.7. The van der Waals surface area contributed by atoms with E-state index in [1.54, 1.807) is 0 Å². The second kappa shape index (κ2) is 59.7. The van der Waals surface area contributed by atoms with Gasteiger partial charge in [0, 0.05) is 19.3 Å². The van der Waals surface area contributed by atoms with Crippen LogP contribution in [0.5, 0.6) is 0 Å². The molecule has 0 aromatic heterocycles. The third kappa shape index (κ3) is 57.1. The molecule has 1 unspecified atom stereocenters. The van der Waals surface area contributed by atoms with Gasteiger partial charge in [-0.1, -0.05) is 309 Å². The molecular formula is C64H122O6. The lowest BCUT2D eigenvalue weighted by molar-refractivity contribution is -0.167. The van der Waals surface area contributed by atoms with Gasteiger partial charge >= 0.3 is 17.9 Å². The van der Waals surface area contributed by atoms with Crippen molar-refractivity contribution in [2.75, 3.05) is 13.2 Å². The Morgan fingerprint density at radius 3 is 0.714 bits per heavy atom. The molecule has 70 heavy (non-hydrogen) atoms. The quantitative estimate of drug-likeness (QED) is 0.0261. The van der Waals surface area contributed by atoms with E-state index in [-0.39, 0.29) is 31.1 Å². The monoisotopic (exact) mass is 987 g/mol. The molecule has 0 aliphatic carbocycles. The molecule has 1 atom stereocenters. The van der Waals surface area contributed by atoms with Crippen LogP contribution in [-0.2, 0) is 28.6 Å².